The number of carbonyl (C=O) groups excluding carboxylic acids is 2. The summed E-state index contributed by atoms with van der Waals surface area (Å²) in [5.74, 6) is -0.140. The van der Waals surface area contributed by atoms with E-state index in [0.29, 0.717) is 17.9 Å². The second-order valence-electron chi connectivity index (χ2n) is 10.1. The molecule has 0 spiro atoms. The summed E-state index contributed by atoms with van der Waals surface area (Å²) < 4.78 is 32.1. The number of anilines is 1. The molecule has 0 saturated carbocycles. The summed E-state index contributed by atoms with van der Waals surface area (Å²) in [6.07, 6.45) is 1.44. The highest BCUT2D eigenvalue weighted by atomic mass is 32.2. The Bertz CT molecular complexity index is 1190. The minimum Gasteiger partial charge on any atom is -0.497 e. The zero-order chi connectivity index (χ0) is 27.3. The molecule has 0 fully saturated rings. The largest absolute Gasteiger partial charge is 0.497 e. The molecule has 2 amide bonds. The van der Waals surface area contributed by atoms with Crippen molar-refractivity contribution < 1.29 is 22.7 Å². The van der Waals surface area contributed by atoms with Crippen molar-refractivity contribution in [2.24, 2.45) is 0 Å². The Morgan fingerprint density at radius 2 is 1.75 bits per heavy atom. The van der Waals surface area contributed by atoms with Crippen molar-refractivity contribution >= 4 is 27.5 Å². The smallest absolute Gasteiger partial charge is 0.244 e. The normalized spacial score (nSPS) is 12.6. The maximum Gasteiger partial charge on any atom is 0.244 e. The van der Waals surface area contributed by atoms with Crippen LogP contribution in [0.15, 0.2) is 42.5 Å². The second-order valence-corrected chi connectivity index (χ2v) is 12.0. The zero-order valence-electron chi connectivity index (χ0n) is 22.6. The average Bonchev–Trinajstić information content (AvgIpc) is 2.77. The summed E-state index contributed by atoms with van der Waals surface area (Å²) in [6, 6.07) is 11.9. The first-order chi connectivity index (χ1) is 16.7. The van der Waals surface area contributed by atoms with E-state index in [1.165, 1.54) is 4.90 Å². The number of hydrogen-bond acceptors (Lipinski definition) is 5. The molecule has 1 unspecified atom stereocenters. The van der Waals surface area contributed by atoms with Gasteiger partial charge in [-0.15, -0.1) is 0 Å². The minimum absolute atomic E-state index is 0.122. The number of nitrogens with zero attached hydrogens (tertiary/aromatic N) is 2. The molecule has 2 rings (SSSR count). The maximum atomic E-state index is 13.8. The topological polar surface area (TPSA) is 96.0 Å². The van der Waals surface area contributed by atoms with E-state index in [1.807, 2.05) is 58.9 Å². The number of nitrogens with one attached hydrogen (secondary N) is 1. The SMILES string of the molecule is CCC(C(=O)NC(C)(C)C)N(Cc1cccc(OC)c1)C(=O)CN(c1cc(C)ccc1C)S(C)(=O)=O. The third-order valence-electron chi connectivity index (χ3n) is 5.68. The van der Waals surface area contributed by atoms with Crippen LogP contribution in [0, 0.1) is 13.8 Å². The second kappa shape index (κ2) is 11.8. The van der Waals surface area contributed by atoms with Gasteiger partial charge in [0.2, 0.25) is 21.8 Å². The summed E-state index contributed by atoms with van der Waals surface area (Å²) in [5, 5.41) is 2.96. The molecule has 0 aliphatic heterocycles. The Hall–Kier alpha value is -3.07. The Labute approximate surface area is 215 Å². The summed E-state index contributed by atoms with van der Waals surface area (Å²) >= 11 is 0. The Morgan fingerprint density at radius 1 is 1.08 bits per heavy atom. The standard InChI is InChI=1S/C27H39N3O5S/c1-9-23(26(32)28-27(4,5)6)29(17-21-11-10-12-22(16-21)35-7)25(31)18-30(36(8,33)34)24-15-19(2)13-14-20(24)3/h10-16,23H,9,17-18H2,1-8H3,(H,28,32). The van der Waals surface area contributed by atoms with Crippen LogP contribution in [-0.4, -0.2) is 56.6 Å². The van der Waals surface area contributed by atoms with Crippen LogP contribution in [0.5, 0.6) is 5.75 Å². The molecular formula is C27H39N3O5S. The number of hydrogen-bond donors (Lipinski definition) is 1. The Morgan fingerprint density at radius 3 is 2.31 bits per heavy atom. The van der Waals surface area contributed by atoms with E-state index in [4.69, 9.17) is 4.74 Å². The Balaban J connectivity index is 2.52. The van der Waals surface area contributed by atoms with Crippen LogP contribution in [0.2, 0.25) is 0 Å². The fourth-order valence-electron chi connectivity index (χ4n) is 3.92. The molecule has 9 heteroatoms. The van der Waals surface area contributed by atoms with Gasteiger partial charge in [-0.3, -0.25) is 13.9 Å². The van der Waals surface area contributed by atoms with Crippen molar-refractivity contribution in [2.45, 2.75) is 66.1 Å². The number of ether oxygens (including phenoxy) is 1. The molecule has 1 atom stereocenters. The van der Waals surface area contributed by atoms with E-state index in [0.717, 1.165) is 27.3 Å². The number of rotatable bonds is 10. The molecule has 36 heavy (non-hydrogen) atoms. The quantitative estimate of drug-likeness (QED) is 0.517. The van der Waals surface area contributed by atoms with Gasteiger partial charge in [-0.25, -0.2) is 8.42 Å². The van der Waals surface area contributed by atoms with E-state index >= 15 is 0 Å². The summed E-state index contributed by atoms with van der Waals surface area (Å²) in [5.41, 5.74) is 2.32. The summed E-state index contributed by atoms with van der Waals surface area (Å²) in [6.45, 7) is 10.8. The first-order valence-electron chi connectivity index (χ1n) is 12.0. The third kappa shape index (κ3) is 7.98. The molecule has 2 aromatic rings. The van der Waals surface area contributed by atoms with Crippen molar-refractivity contribution in [3.63, 3.8) is 0 Å². The lowest BCUT2D eigenvalue weighted by Crippen LogP contribution is -2.55. The van der Waals surface area contributed by atoms with E-state index < -0.39 is 34.1 Å². The molecule has 0 aliphatic carbocycles. The highest BCUT2D eigenvalue weighted by Crippen LogP contribution is 2.25. The maximum absolute atomic E-state index is 13.8. The van der Waals surface area contributed by atoms with Gasteiger partial charge in [0.05, 0.1) is 19.1 Å². The van der Waals surface area contributed by atoms with Crippen LogP contribution in [0.25, 0.3) is 0 Å². The van der Waals surface area contributed by atoms with Gasteiger partial charge in [0.25, 0.3) is 0 Å². The van der Waals surface area contributed by atoms with Crippen LogP contribution < -0.4 is 14.4 Å². The van der Waals surface area contributed by atoms with Crippen molar-refractivity contribution in [2.75, 3.05) is 24.2 Å². The number of methoxy groups -OCH3 is 1. The minimum atomic E-state index is -3.79. The molecule has 0 aliphatic rings. The molecule has 0 aromatic heterocycles. The number of sulfonamides is 1. The molecule has 0 heterocycles. The number of amides is 2. The molecule has 0 bridgehead atoms. The fourth-order valence-corrected chi connectivity index (χ4v) is 4.82. The number of aryl methyl sites for hydroxylation is 2. The van der Waals surface area contributed by atoms with Crippen LogP contribution in [0.3, 0.4) is 0 Å². The van der Waals surface area contributed by atoms with Gasteiger partial charge >= 0.3 is 0 Å². The third-order valence-corrected chi connectivity index (χ3v) is 6.81. The molecule has 2 aromatic carbocycles. The van der Waals surface area contributed by atoms with Crippen molar-refractivity contribution in [1.29, 1.82) is 0 Å². The monoisotopic (exact) mass is 517 g/mol. The predicted octanol–water partition coefficient (Wildman–Crippen LogP) is 3.80. The van der Waals surface area contributed by atoms with Crippen molar-refractivity contribution in [3.8, 4) is 5.75 Å². The van der Waals surface area contributed by atoms with Gasteiger partial charge in [-0.1, -0.05) is 31.2 Å². The van der Waals surface area contributed by atoms with Gasteiger partial charge < -0.3 is 15.0 Å². The highest BCUT2D eigenvalue weighted by molar-refractivity contribution is 7.92. The lowest BCUT2D eigenvalue weighted by molar-refractivity contribution is -0.141. The Kier molecular flexibility index (Phi) is 9.54. The molecular weight excluding hydrogens is 478 g/mol. The van der Waals surface area contributed by atoms with Gasteiger partial charge in [-0.05, 0) is 75.9 Å². The van der Waals surface area contributed by atoms with Gasteiger partial charge in [0.1, 0.15) is 18.3 Å². The molecule has 198 valence electrons. The number of benzene rings is 2. The van der Waals surface area contributed by atoms with Crippen molar-refractivity contribution in [3.05, 3.63) is 59.2 Å². The lowest BCUT2D eigenvalue weighted by Gasteiger charge is -2.34. The van der Waals surface area contributed by atoms with Crippen molar-refractivity contribution in [1.82, 2.24) is 10.2 Å². The van der Waals surface area contributed by atoms with Crippen LogP contribution in [0.1, 0.15) is 50.8 Å². The van der Waals surface area contributed by atoms with Gasteiger partial charge in [0, 0.05) is 12.1 Å². The summed E-state index contributed by atoms with van der Waals surface area (Å²) in [7, 11) is -2.23. The van der Waals surface area contributed by atoms with E-state index in [9.17, 15) is 18.0 Å². The van der Waals surface area contributed by atoms with E-state index in [2.05, 4.69) is 5.32 Å². The molecule has 1 N–H and O–H groups in total. The number of carbonyl (C=O) groups is 2. The average molecular weight is 518 g/mol. The van der Waals surface area contributed by atoms with Gasteiger partial charge in [0.15, 0.2) is 0 Å². The molecule has 8 nitrogen and oxygen atoms in total. The lowest BCUT2D eigenvalue weighted by atomic mass is 10.1. The summed E-state index contributed by atoms with van der Waals surface area (Å²) in [4.78, 5) is 28.5. The van der Waals surface area contributed by atoms with Crippen LogP contribution >= 0.6 is 0 Å². The van der Waals surface area contributed by atoms with E-state index in [-0.39, 0.29) is 12.5 Å². The predicted molar refractivity (Wildman–Crippen MR) is 144 cm³/mol. The van der Waals surface area contributed by atoms with Crippen LogP contribution in [-0.2, 0) is 26.2 Å². The fraction of sp³-hybridized carbons (Fsp3) is 0.481. The van der Waals surface area contributed by atoms with Crippen LogP contribution in [0.4, 0.5) is 5.69 Å². The molecule has 0 saturated heterocycles. The molecule has 0 radical (unpaired) electrons. The zero-order valence-corrected chi connectivity index (χ0v) is 23.4. The first kappa shape index (κ1) is 29.2. The van der Waals surface area contributed by atoms with Gasteiger partial charge in [-0.2, -0.15) is 0 Å². The highest BCUT2D eigenvalue weighted by Gasteiger charge is 2.33. The van der Waals surface area contributed by atoms with E-state index in [1.54, 1.807) is 32.2 Å². The first-order valence-corrected chi connectivity index (χ1v) is 13.8.